The summed E-state index contributed by atoms with van der Waals surface area (Å²) in [6, 6.07) is 15.8. The minimum absolute atomic E-state index is 0.0657. The van der Waals surface area contributed by atoms with E-state index in [4.69, 9.17) is 4.74 Å². The van der Waals surface area contributed by atoms with Crippen molar-refractivity contribution >= 4 is 11.3 Å². The Labute approximate surface area is 186 Å². The number of carbonyl (C=O) groups excluding carboxylic acids is 1. The van der Waals surface area contributed by atoms with Crippen LogP contribution in [0.3, 0.4) is 0 Å². The third kappa shape index (κ3) is 5.98. The highest BCUT2D eigenvalue weighted by Crippen LogP contribution is 2.23. The first kappa shape index (κ1) is 23.1. The van der Waals surface area contributed by atoms with Crippen LogP contribution in [0, 0.1) is 0 Å². The second kappa shape index (κ2) is 11.7. The molecule has 166 valence electrons. The van der Waals surface area contributed by atoms with Crippen LogP contribution < -0.4 is 4.74 Å². The van der Waals surface area contributed by atoms with E-state index < -0.39 is 0 Å². The van der Waals surface area contributed by atoms with Crippen LogP contribution in [0.1, 0.15) is 68.1 Å². The molecule has 4 heteroatoms. The molecule has 4 nitrogen and oxygen atoms in total. The van der Waals surface area contributed by atoms with Gasteiger partial charge in [0, 0.05) is 23.8 Å². The lowest BCUT2D eigenvalue weighted by molar-refractivity contribution is 0.103. The van der Waals surface area contributed by atoms with Gasteiger partial charge in [0.1, 0.15) is 5.75 Å². The molecule has 0 N–H and O–H groups in total. The zero-order chi connectivity index (χ0) is 22.1. The standard InChI is InChI=1S/C27H36N2O2/c1-4-10-23-21-24-11-7-8-19-29(24)26(23)27(30)22-12-14-25(15-13-22)31-20-9-18-28(16-5-2)17-6-3/h7-8,11-15,19,21H,4-6,9-10,16-18,20H2,1-3H3. The van der Waals surface area contributed by atoms with E-state index in [2.05, 4.69) is 37.8 Å². The number of pyridine rings is 1. The topological polar surface area (TPSA) is 34.0 Å². The molecule has 3 aromatic rings. The number of hydrogen-bond donors (Lipinski definition) is 0. The number of fused-ring (bicyclic) bond motifs is 1. The number of benzene rings is 1. The van der Waals surface area contributed by atoms with Crippen molar-refractivity contribution in [3.63, 3.8) is 0 Å². The predicted octanol–water partition coefficient (Wildman–Crippen LogP) is 6.01. The fourth-order valence-electron chi connectivity index (χ4n) is 4.18. The largest absolute Gasteiger partial charge is 0.494 e. The van der Waals surface area contributed by atoms with Gasteiger partial charge in [0.25, 0.3) is 0 Å². The summed E-state index contributed by atoms with van der Waals surface area (Å²) in [6.45, 7) is 10.7. The quantitative estimate of drug-likeness (QED) is 0.251. The van der Waals surface area contributed by atoms with Gasteiger partial charge in [-0.05, 0) is 86.8 Å². The van der Waals surface area contributed by atoms with E-state index in [9.17, 15) is 4.79 Å². The van der Waals surface area contributed by atoms with Gasteiger partial charge < -0.3 is 14.0 Å². The molecule has 31 heavy (non-hydrogen) atoms. The van der Waals surface area contributed by atoms with E-state index in [-0.39, 0.29) is 5.78 Å². The number of ether oxygens (including phenoxy) is 1. The molecule has 0 aliphatic rings. The second-order valence-electron chi connectivity index (χ2n) is 8.16. The number of hydrogen-bond acceptors (Lipinski definition) is 3. The predicted molar refractivity (Wildman–Crippen MR) is 128 cm³/mol. The summed E-state index contributed by atoms with van der Waals surface area (Å²) >= 11 is 0. The minimum Gasteiger partial charge on any atom is -0.494 e. The van der Waals surface area contributed by atoms with Gasteiger partial charge in [-0.1, -0.05) is 33.3 Å². The summed E-state index contributed by atoms with van der Waals surface area (Å²) in [5.41, 5.74) is 3.65. The SMILES string of the molecule is CCCc1cc2ccccn2c1C(=O)c1ccc(OCCCN(CCC)CCC)cc1. The number of nitrogens with zero attached hydrogens (tertiary/aromatic N) is 2. The van der Waals surface area contributed by atoms with Crippen LogP contribution in [0.2, 0.25) is 0 Å². The number of ketones is 1. The Bertz CT molecular complexity index is 953. The smallest absolute Gasteiger partial charge is 0.210 e. The molecule has 0 unspecified atom stereocenters. The zero-order valence-electron chi connectivity index (χ0n) is 19.3. The fraction of sp³-hybridized carbons (Fsp3) is 0.444. The molecule has 0 saturated heterocycles. The van der Waals surface area contributed by atoms with Gasteiger partial charge in [0.2, 0.25) is 5.78 Å². The Morgan fingerprint density at radius 3 is 2.35 bits per heavy atom. The molecule has 0 aliphatic carbocycles. The van der Waals surface area contributed by atoms with E-state index in [1.807, 2.05) is 47.0 Å². The van der Waals surface area contributed by atoms with Crippen LogP contribution >= 0.6 is 0 Å². The molecule has 0 bridgehead atoms. The molecule has 2 heterocycles. The van der Waals surface area contributed by atoms with Gasteiger partial charge in [0.05, 0.1) is 12.3 Å². The van der Waals surface area contributed by atoms with Crippen molar-refractivity contribution in [1.29, 1.82) is 0 Å². The number of aromatic nitrogens is 1. The maximum absolute atomic E-state index is 13.3. The Kier molecular flexibility index (Phi) is 8.72. The van der Waals surface area contributed by atoms with Crippen LogP contribution in [0.4, 0.5) is 0 Å². The highest BCUT2D eigenvalue weighted by molar-refractivity contribution is 6.09. The molecule has 2 aromatic heterocycles. The van der Waals surface area contributed by atoms with Gasteiger partial charge in [-0.25, -0.2) is 0 Å². The van der Waals surface area contributed by atoms with Crippen molar-refractivity contribution in [2.24, 2.45) is 0 Å². The molecule has 0 spiro atoms. The summed E-state index contributed by atoms with van der Waals surface area (Å²) in [7, 11) is 0. The average Bonchev–Trinajstić information content (AvgIpc) is 3.15. The summed E-state index contributed by atoms with van der Waals surface area (Å²) in [5.74, 6) is 0.888. The van der Waals surface area contributed by atoms with E-state index in [0.717, 1.165) is 61.4 Å². The molecule has 0 fully saturated rings. The maximum atomic E-state index is 13.3. The first-order chi connectivity index (χ1) is 15.2. The van der Waals surface area contributed by atoms with Crippen molar-refractivity contribution in [3.05, 3.63) is 71.5 Å². The van der Waals surface area contributed by atoms with Crippen LogP contribution in [-0.2, 0) is 6.42 Å². The molecular formula is C27H36N2O2. The lowest BCUT2D eigenvalue weighted by atomic mass is 10.0. The summed E-state index contributed by atoms with van der Waals surface area (Å²) in [4.78, 5) is 15.8. The van der Waals surface area contributed by atoms with E-state index in [1.54, 1.807) is 0 Å². The van der Waals surface area contributed by atoms with Gasteiger partial charge in [0.15, 0.2) is 0 Å². The molecule has 0 aliphatic heterocycles. The summed E-state index contributed by atoms with van der Waals surface area (Å²) in [5, 5.41) is 0. The van der Waals surface area contributed by atoms with Crippen molar-refractivity contribution < 1.29 is 9.53 Å². The monoisotopic (exact) mass is 420 g/mol. The molecule has 0 radical (unpaired) electrons. The van der Waals surface area contributed by atoms with Crippen molar-refractivity contribution in [3.8, 4) is 5.75 Å². The van der Waals surface area contributed by atoms with Crippen LogP contribution in [0.15, 0.2) is 54.7 Å². The lowest BCUT2D eigenvalue weighted by Crippen LogP contribution is -2.27. The second-order valence-corrected chi connectivity index (χ2v) is 8.16. The van der Waals surface area contributed by atoms with Gasteiger partial charge in [-0.15, -0.1) is 0 Å². The van der Waals surface area contributed by atoms with E-state index in [1.165, 1.54) is 12.8 Å². The zero-order valence-corrected chi connectivity index (χ0v) is 19.3. The maximum Gasteiger partial charge on any atom is 0.210 e. The minimum atomic E-state index is 0.0657. The highest BCUT2D eigenvalue weighted by Gasteiger charge is 2.18. The normalized spacial score (nSPS) is 11.4. The van der Waals surface area contributed by atoms with Gasteiger partial charge in [-0.2, -0.15) is 0 Å². The van der Waals surface area contributed by atoms with Crippen molar-refractivity contribution in [1.82, 2.24) is 9.30 Å². The first-order valence-electron chi connectivity index (χ1n) is 11.8. The van der Waals surface area contributed by atoms with Gasteiger partial charge in [-0.3, -0.25) is 4.79 Å². The third-order valence-electron chi connectivity index (χ3n) is 5.58. The lowest BCUT2D eigenvalue weighted by Gasteiger charge is -2.20. The third-order valence-corrected chi connectivity index (χ3v) is 5.58. The Morgan fingerprint density at radius 2 is 1.68 bits per heavy atom. The van der Waals surface area contributed by atoms with Crippen LogP contribution in [0.25, 0.3) is 5.52 Å². The van der Waals surface area contributed by atoms with Crippen LogP contribution in [-0.4, -0.2) is 41.3 Å². The summed E-state index contributed by atoms with van der Waals surface area (Å²) < 4.78 is 7.94. The average molecular weight is 421 g/mol. The van der Waals surface area contributed by atoms with E-state index >= 15 is 0 Å². The molecule has 1 aromatic carbocycles. The van der Waals surface area contributed by atoms with E-state index in [0.29, 0.717) is 12.2 Å². The first-order valence-corrected chi connectivity index (χ1v) is 11.8. The number of carbonyl (C=O) groups is 1. The van der Waals surface area contributed by atoms with Crippen LogP contribution in [0.5, 0.6) is 5.75 Å². The molecule has 0 amide bonds. The molecular weight excluding hydrogens is 384 g/mol. The Hall–Kier alpha value is -2.59. The van der Waals surface area contributed by atoms with Crippen molar-refractivity contribution in [2.45, 2.75) is 52.9 Å². The summed E-state index contributed by atoms with van der Waals surface area (Å²) in [6.07, 6.45) is 7.27. The molecule has 3 rings (SSSR count). The van der Waals surface area contributed by atoms with Gasteiger partial charge >= 0.3 is 0 Å². The Morgan fingerprint density at radius 1 is 0.935 bits per heavy atom. The van der Waals surface area contributed by atoms with Crippen molar-refractivity contribution in [2.75, 3.05) is 26.2 Å². The Balaban J connectivity index is 1.63. The number of aryl methyl sites for hydroxylation is 1. The fourth-order valence-corrected chi connectivity index (χ4v) is 4.18. The molecule has 0 saturated carbocycles. The number of rotatable bonds is 13. The molecule has 0 atom stereocenters. The highest BCUT2D eigenvalue weighted by atomic mass is 16.5.